The molecule has 0 fully saturated rings. The molecule has 6 heteroatoms. The number of aromatic nitrogens is 1. The molecule has 1 heterocycles. The lowest BCUT2D eigenvalue weighted by atomic mass is 10.2. The molecule has 23 heavy (non-hydrogen) atoms. The van der Waals surface area contributed by atoms with Crippen LogP contribution in [0, 0.1) is 0 Å². The summed E-state index contributed by atoms with van der Waals surface area (Å²) in [6, 6.07) is 14.9. The predicted molar refractivity (Wildman–Crippen MR) is 89.0 cm³/mol. The first kappa shape index (κ1) is 15.2. The number of nitrogens with zero attached hydrogens (tertiary/aromatic N) is 1. The molecule has 116 valence electrons. The van der Waals surface area contributed by atoms with Crippen molar-refractivity contribution in [2.75, 3.05) is 4.72 Å². The minimum atomic E-state index is -3.80. The highest BCUT2D eigenvalue weighted by molar-refractivity contribution is 7.92. The number of fused-ring (bicyclic) bond motifs is 1. The van der Waals surface area contributed by atoms with Gasteiger partial charge in [0.15, 0.2) is 5.78 Å². The van der Waals surface area contributed by atoms with Crippen molar-refractivity contribution in [2.24, 2.45) is 0 Å². The number of hydrogen-bond acceptors (Lipinski definition) is 4. The summed E-state index contributed by atoms with van der Waals surface area (Å²) in [5.41, 5.74) is 1.32. The summed E-state index contributed by atoms with van der Waals surface area (Å²) >= 11 is 0. The Bertz CT molecular complexity index is 992. The van der Waals surface area contributed by atoms with Crippen LogP contribution in [-0.2, 0) is 10.0 Å². The smallest absolute Gasteiger partial charge is 0.261 e. The van der Waals surface area contributed by atoms with E-state index < -0.39 is 10.0 Å². The van der Waals surface area contributed by atoms with Crippen molar-refractivity contribution >= 4 is 32.4 Å². The quantitative estimate of drug-likeness (QED) is 0.747. The SMILES string of the molecule is CC(=O)c1cccc(S(=O)(=O)Nc2cccc3cccnc23)c1. The number of anilines is 1. The number of rotatable bonds is 4. The second-order valence-electron chi connectivity index (χ2n) is 5.07. The average Bonchev–Trinajstić information content (AvgIpc) is 2.55. The maximum Gasteiger partial charge on any atom is 0.261 e. The number of pyridine rings is 1. The molecule has 0 amide bonds. The number of sulfonamides is 1. The van der Waals surface area contributed by atoms with Crippen LogP contribution in [0.3, 0.4) is 0 Å². The number of ketones is 1. The van der Waals surface area contributed by atoms with Gasteiger partial charge in [0, 0.05) is 17.1 Å². The number of Topliss-reactive ketones (excluding diaryl/α,β-unsaturated/α-hetero) is 1. The van der Waals surface area contributed by atoms with Gasteiger partial charge >= 0.3 is 0 Å². The van der Waals surface area contributed by atoms with Gasteiger partial charge in [-0.2, -0.15) is 0 Å². The number of nitrogens with one attached hydrogen (secondary N) is 1. The summed E-state index contributed by atoms with van der Waals surface area (Å²) < 4.78 is 27.7. The van der Waals surface area contributed by atoms with E-state index in [9.17, 15) is 13.2 Å². The predicted octanol–water partition coefficient (Wildman–Crippen LogP) is 3.24. The third kappa shape index (κ3) is 3.07. The molecule has 0 radical (unpaired) electrons. The Morgan fingerprint density at radius 1 is 1.04 bits per heavy atom. The molecule has 3 rings (SSSR count). The van der Waals surface area contributed by atoms with Crippen molar-refractivity contribution in [2.45, 2.75) is 11.8 Å². The highest BCUT2D eigenvalue weighted by Crippen LogP contribution is 2.24. The first-order valence-corrected chi connectivity index (χ1v) is 8.43. The highest BCUT2D eigenvalue weighted by atomic mass is 32.2. The van der Waals surface area contributed by atoms with Crippen LogP contribution in [-0.4, -0.2) is 19.2 Å². The van der Waals surface area contributed by atoms with Gasteiger partial charge in [0.1, 0.15) is 0 Å². The van der Waals surface area contributed by atoms with Crippen molar-refractivity contribution in [3.05, 3.63) is 66.4 Å². The molecule has 0 saturated carbocycles. The standard InChI is InChI=1S/C17H14N2O3S/c1-12(20)14-6-2-8-15(11-14)23(21,22)19-16-9-3-5-13-7-4-10-18-17(13)16/h2-11,19H,1H3. The molecule has 0 aliphatic rings. The van der Waals surface area contributed by atoms with Crippen LogP contribution in [0.2, 0.25) is 0 Å². The van der Waals surface area contributed by atoms with Crippen LogP contribution in [0.25, 0.3) is 10.9 Å². The van der Waals surface area contributed by atoms with E-state index in [0.717, 1.165) is 5.39 Å². The molecule has 0 saturated heterocycles. The maximum atomic E-state index is 12.6. The first-order valence-electron chi connectivity index (χ1n) is 6.95. The Hall–Kier alpha value is -2.73. The van der Waals surface area contributed by atoms with Crippen LogP contribution in [0.15, 0.2) is 65.7 Å². The lowest BCUT2D eigenvalue weighted by Crippen LogP contribution is -2.14. The second kappa shape index (κ2) is 5.81. The van der Waals surface area contributed by atoms with Gasteiger partial charge < -0.3 is 0 Å². The molecular weight excluding hydrogens is 312 g/mol. The molecule has 3 aromatic rings. The van der Waals surface area contributed by atoms with Gasteiger partial charge in [-0.15, -0.1) is 0 Å². The second-order valence-corrected chi connectivity index (χ2v) is 6.75. The van der Waals surface area contributed by atoms with E-state index in [0.29, 0.717) is 16.8 Å². The fraction of sp³-hybridized carbons (Fsp3) is 0.0588. The lowest BCUT2D eigenvalue weighted by molar-refractivity contribution is 0.101. The number of hydrogen-bond donors (Lipinski definition) is 1. The van der Waals surface area contributed by atoms with Crippen molar-refractivity contribution in [1.82, 2.24) is 4.98 Å². The summed E-state index contributed by atoms with van der Waals surface area (Å²) in [4.78, 5) is 15.7. The van der Waals surface area contributed by atoms with Crippen LogP contribution < -0.4 is 4.72 Å². The number of para-hydroxylation sites is 1. The zero-order valence-electron chi connectivity index (χ0n) is 12.4. The van der Waals surface area contributed by atoms with Gasteiger partial charge in [-0.3, -0.25) is 14.5 Å². The van der Waals surface area contributed by atoms with Gasteiger partial charge in [0.25, 0.3) is 10.0 Å². The van der Waals surface area contributed by atoms with Gasteiger partial charge in [0.2, 0.25) is 0 Å². The lowest BCUT2D eigenvalue weighted by Gasteiger charge is -2.10. The van der Waals surface area contributed by atoms with E-state index in [2.05, 4.69) is 9.71 Å². The molecule has 1 N–H and O–H groups in total. The largest absolute Gasteiger partial charge is 0.295 e. The highest BCUT2D eigenvalue weighted by Gasteiger charge is 2.17. The van der Waals surface area contributed by atoms with E-state index in [1.165, 1.54) is 19.1 Å². The molecule has 5 nitrogen and oxygen atoms in total. The Morgan fingerprint density at radius 2 is 1.78 bits per heavy atom. The van der Waals surface area contributed by atoms with E-state index in [1.807, 2.05) is 12.1 Å². The van der Waals surface area contributed by atoms with Crippen molar-refractivity contribution < 1.29 is 13.2 Å². The fourth-order valence-electron chi connectivity index (χ4n) is 2.27. The Morgan fingerprint density at radius 3 is 2.57 bits per heavy atom. The number of carbonyl (C=O) groups excluding carboxylic acids is 1. The Labute approximate surface area is 134 Å². The number of carbonyl (C=O) groups is 1. The van der Waals surface area contributed by atoms with E-state index >= 15 is 0 Å². The first-order chi connectivity index (χ1) is 11.0. The Kier molecular flexibility index (Phi) is 3.83. The summed E-state index contributed by atoms with van der Waals surface area (Å²) in [5, 5.41) is 0.838. The van der Waals surface area contributed by atoms with E-state index in [-0.39, 0.29) is 10.7 Å². The average molecular weight is 326 g/mol. The number of benzene rings is 2. The molecule has 1 aromatic heterocycles. The molecule has 2 aromatic carbocycles. The minimum absolute atomic E-state index is 0.0399. The summed E-state index contributed by atoms with van der Waals surface area (Å²) in [5.74, 6) is -0.186. The maximum absolute atomic E-state index is 12.6. The molecular formula is C17H14N2O3S. The van der Waals surface area contributed by atoms with Gasteiger partial charge in [0.05, 0.1) is 16.1 Å². The van der Waals surface area contributed by atoms with Crippen LogP contribution >= 0.6 is 0 Å². The molecule has 0 aliphatic heterocycles. The third-order valence-electron chi connectivity index (χ3n) is 3.43. The minimum Gasteiger partial charge on any atom is -0.295 e. The van der Waals surface area contributed by atoms with Crippen molar-refractivity contribution in [3.63, 3.8) is 0 Å². The molecule has 0 bridgehead atoms. The summed E-state index contributed by atoms with van der Waals surface area (Å²) in [7, 11) is -3.80. The van der Waals surface area contributed by atoms with Gasteiger partial charge in [-0.25, -0.2) is 8.42 Å². The zero-order chi connectivity index (χ0) is 16.4. The van der Waals surface area contributed by atoms with Gasteiger partial charge in [-0.05, 0) is 31.2 Å². The topological polar surface area (TPSA) is 76.1 Å². The summed E-state index contributed by atoms with van der Waals surface area (Å²) in [6.45, 7) is 1.40. The van der Waals surface area contributed by atoms with E-state index in [1.54, 1.807) is 36.5 Å². The molecule has 0 spiro atoms. The van der Waals surface area contributed by atoms with Crippen LogP contribution in [0.1, 0.15) is 17.3 Å². The summed E-state index contributed by atoms with van der Waals surface area (Å²) in [6.07, 6.45) is 1.61. The van der Waals surface area contributed by atoms with E-state index in [4.69, 9.17) is 0 Å². The third-order valence-corrected chi connectivity index (χ3v) is 4.79. The molecule has 0 unspecified atom stereocenters. The van der Waals surface area contributed by atoms with Crippen LogP contribution in [0.5, 0.6) is 0 Å². The van der Waals surface area contributed by atoms with Crippen LogP contribution in [0.4, 0.5) is 5.69 Å². The molecule has 0 aliphatic carbocycles. The Balaban J connectivity index is 2.04. The zero-order valence-corrected chi connectivity index (χ0v) is 13.2. The van der Waals surface area contributed by atoms with Crippen molar-refractivity contribution in [1.29, 1.82) is 0 Å². The molecule has 0 atom stereocenters. The van der Waals surface area contributed by atoms with Gasteiger partial charge in [-0.1, -0.05) is 30.3 Å². The monoisotopic (exact) mass is 326 g/mol. The fourth-order valence-corrected chi connectivity index (χ4v) is 3.38. The van der Waals surface area contributed by atoms with Crippen molar-refractivity contribution in [3.8, 4) is 0 Å². The normalized spacial score (nSPS) is 11.3.